The van der Waals surface area contributed by atoms with Crippen LogP contribution in [-0.4, -0.2) is 52.5 Å². The first-order chi connectivity index (χ1) is 8.47. The molecule has 0 aliphatic carbocycles. The number of hydrogen-bond acceptors (Lipinski definition) is 3. The second-order valence-corrected chi connectivity index (χ2v) is 3.98. The zero-order valence-electron chi connectivity index (χ0n) is 9.63. The van der Waals surface area contributed by atoms with E-state index in [0.717, 1.165) is 0 Å². The number of aliphatic imine (C=N–C) groups is 1. The van der Waals surface area contributed by atoms with Gasteiger partial charge in [-0.15, -0.1) is 0 Å². The summed E-state index contributed by atoms with van der Waals surface area (Å²) in [5.74, 6) is -2.83. The SMILES string of the molecule is CN1CCN=C(/C(=C/[CH]=[V])C(F)=CC(=O)O)C1=O. The van der Waals surface area contributed by atoms with Crippen LogP contribution in [-0.2, 0) is 26.6 Å². The van der Waals surface area contributed by atoms with Gasteiger partial charge in [-0.3, -0.25) is 0 Å². The summed E-state index contributed by atoms with van der Waals surface area (Å²) in [5, 5.41) is 8.52. The molecule has 0 fully saturated rings. The van der Waals surface area contributed by atoms with E-state index in [1.807, 2.05) is 0 Å². The van der Waals surface area contributed by atoms with E-state index in [9.17, 15) is 14.0 Å². The van der Waals surface area contributed by atoms with E-state index in [2.05, 4.69) is 22.0 Å². The average molecular weight is 289 g/mol. The summed E-state index contributed by atoms with van der Waals surface area (Å²) in [7, 11) is 1.58. The van der Waals surface area contributed by atoms with Crippen molar-refractivity contribution in [2.75, 3.05) is 20.1 Å². The van der Waals surface area contributed by atoms with E-state index in [4.69, 9.17) is 5.11 Å². The molecule has 1 heterocycles. The molecule has 0 aromatic rings. The number of carboxylic acids is 1. The van der Waals surface area contributed by atoms with Gasteiger partial charge < -0.3 is 0 Å². The Morgan fingerprint density at radius 3 is 2.83 bits per heavy atom. The fourth-order valence-electron chi connectivity index (χ4n) is 1.39. The summed E-state index contributed by atoms with van der Waals surface area (Å²) in [5.41, 5.74) is -0.171. The van der Waals surface area contributed by atoms with E-state index >= 15 is 0 Å². The third kappa shape index (κ3) is 3.48. The number of amides is 1. The van der Waals surface area contributed by atoms with Crippen LogP contribution in [0.15, 0.2) is 28.5 Å². The van der Waals surface area contributed by atoms with Crippen LogP contribution in [0.1, 0.15) is 0 Å². The molecule has 0 spiro atoms. The molecule has 1 N–H and O–H groups in total. The van der Waals surface area contributed by atoms with Crippen LogP contribution in [0, 0.1) is 0 Å². The predicted octanol–water partition coefficient (Wildman–Crippen LogP) is 0.113. The Balaban J connectivity index is 3.19. The van der Waals surface area contributed by atoms with Crippen molar-refractivity contribution in [3.05, 3.63) is 23.6 Å². The first-order valence-electron chi connectivity index (χ1n) is 5.06. The molecular weight excluding hydrogens is 278 g/mol. The molecule has 0 aromatic heterocycles. The molecule has 1 amide bonds. The molecule has 0 unspecified atom stereocenters. The van der Waals surface area contributed by atoms with Gasteiger partial charge in [-0.05, 0) is 0 Å². The summed E-state index contributed by atoms with van der Waals surface area (Å²) < 4.78 is 15.2. The van der Waals surface area contributed by atoms with Gasteiger partial charge in [-0.1, -0.05) is 0 Å². The van der Waals surface area contributed by atoms with E-state index in [1.54, 1.807) is 7.05 Å². The maximum absolute atomic E-state index is 13.7. The topological polar surface area (TPSA) is 70.0 Å². The minimum absolute atomic E-state index is 0.0546. The van der Waals surface area contributed by atoms with Crippen LogP contribution in [0.3, 0.4) is 0 Å². The van der Waals surface area contributed by atoms with Crippen LogP contribution >= 0.6 is 0 Å². The molecule has 18 heavy (non-hydrogen) atoms. The van der Waals surface area contributed by atoms with Crippen LogP contribution in [0.2, 0.25) is 0 Å². The van der Waals surface area contributed by atoms with Gasteiger partial charge in [-0.25, -0.2) is 0 Å². The number of likely N-dealkylation sites (N-methyl/N-ethyl adjacent to an activating group) is 1. The molecule has 0 aromatic carbocycles. The molecule has 0 radical (unpaired) electrons. The van der Waals surface area contributed by atoms with Crippen LogP contribution in [0.5, 0.6) is 0 Å². The number of carboxylic acid groups (broad SMARTS) is 1. The van der Waals surface area contributed by atoms with Crippen molar-refractivity contribution in [1.29, 1.82) is 0 Å². The normalized spacial score (nSPS) is 17.5. The molecule has 0 atom stereocenters. The third-order valence-corrected chi connectivity index (χ3v) is 2.49. The van der Waals surface area contributed by atoms with Gasteiger partial charge in [0.05, 0.1) is 0 Å². The summed E-state index contributed by atoms with van der Waals surface area (Å²) in [6.07, 6.45) is 1.72. The number of carbonyl (C=O) groups is 2. The number of hydrogen-bond donors (Lipinski definition) is 1. The maximum atomic E-state index is 13.7. The van der Waals surface area contributed by atoms with E-state index in [-0.39, 0.29) is 11.3 Å². The van der Waals surface area contributed by atoms with Crippen molar-refractivity contribution < 1.29 is 36.1 Å². The summed E-state index contributed by atoms with van der Waals surface area (Å²) in [6.45, 7) is 0.833. The molecule has 0 saturated heterocycles. The van der Waals surface area contributed by atoms with Gasteiger partial charge in [0.15, 0.2) is 0 Å². The monoisotopic (exact) mass is 289 g/mol. The number of rotatable bonds is 4. The Hall–Kier alpha value is -1.53. The van der Waals surface area contributed by atoms with Gasteiger partial charge in [0.2, 0.25) is 0 Å². The fraction of sp³-hybridized carbons (Fsp3) is 0.273. The molecule has 95 valence electrons. The van der Waals surface area contributed by atoms with E-state index in [0.29, 0.717) is 19.2 Å². The van der Waals surface area contributed by atoms with Crippen LogP contribution in [0.25, 0.3) is 0 Å². The quantitative estimate of drug-likeness (QED) is 0.590. The number of halogens is 1. The number of aliphatic carboxylic acids is 1. The number of nitrogens with zero attached hydrogens (tertiary/aromatic N) is 2. The Labute approximate surface area is 112 Å². The van der Waals surface area contributed by atoms with Gasteiger partial charge in [0, 0.05) is 0 Å². The zero-order valence-corrected chi connectivity index (χ0v) is 11.0. The van der Waals surface area contributed by atoms with E-state index in [1.165, 1.54) is 15.7 Å². The Morgan fingerprint density at radius 2 is 2.28 bits per heavy atom. The second kappa shape index (κ2) is 6.42. The molecule has 7 heteroatoms. The summed E-state index contributed by atoms with van der Waals surface area (Å²) in [4.78, 5) is 27.7. The molecule has 1 aliphatic rings. The fourth-order valence-corrected chi connectivity index (χ4v) is 1.63. The first-order valence-corrected chi connectivity index (χ1v) is 5.86. The minimum atomic E-state index is -1.42. The summed E-state index contributed by atoms with van der Waals surface area (Å²) >= 11 is 2.08. The number of allylic oxidation sites excluding steroid dienone is 2. The number of carbonyl (C=O) groups excluding carboxylic acids is 1. The Bertz CT molecular complexity index is 483. The van der Waals surface area contributed by atoms with Crippen molar-refractivity contribution in [2.45, 2.75) is 0 Å². The molecule has 0 saturated carbocycles. The van der Waals surface area contributed by atoms with Gasteiger partial charge >= 0.3 is 112 Å². The standard InChI is InChI=1S/C11H11FN2O3.V/c1-3-7(8(12)6-9(15)16)10-11(17)14(2)5-4-13-10;/h1,3,6H,4-5H2,2H3,(H,15,16);/b7-3+,8-6?;. The zero-order chi connectivity index (χ0) is 13.7. The van der Waals surface area contributed by atoms with Gasteiger partial charge in [0.1, 0.15) is 0 Å². The van der Waals surface area contributed by atoms with Crippen molar-refractivity contribution in [3.8, 4) is 0 Å². The van der Waals surface area contributed by atoms with E-state index < -0.39 is 17.7 Å². The first kappa shape index (κ1) is 14.5. The van der Waals surface area contributed by atoms with Crippen molar-refractivity contribution in [1.82, 2.24) is 4.90 Å². The summed E-state index contributed by atoms with van der Waals surface area (Å²) in [6, 6.07) is 0. The van der Waals surface area contributed by atoms with Gasteiger partial charge in [0.25, 0.3) is 0 Å². The Morgan fingerprint density at radius 1 is 1.61 bits per heavy atom. The Kier molecular flexibility index (Phi) is 5.18. The molecule has 0 bridgehead atoms. The third-order valence-electron chi connectivity index (χ3n) is 2.26. The molecule has 5 nitrogen and oxygen atoms in total. The van der Waals surface area contributed by atoms with Crippen molar-refractivity contribution >= 4 is 22.3 Å². The second-order valence-electron chi connectivity index (χ2n) is 3.52. The molecule has 1 aliphatic heterocycles. The van der Waals surface area contributed by atoms with Crippen molar-refractivity contribution in [2.24, 2.45) is 4.99 Å². The molecular formula is C11H11FN2O3V. The van der Waals surface area contributed by atoms with Crippen LogP contribution in [0.4, 0.5) is 4.39 Å². The van der Waals surface area contributed by atoms with Crippen LogP contribution < -0.4 is 0 Å². The molecule has 1 rings (SSSR count). The average Bonchev–Trinajstić information content (AvgIpc) is 2.29. The predicted molar refractivity (Wildman–Crippen MR) is 60.9 cm³/mol. The van der Waals surface area contributed by atoms with Gasteiger partial charge in [-0.2, -0.15) is 0 Å². The van der Waals surface area contributed by atoms with Crippen molar-refractivity contribution in [3.63, 3.8) is 0 Å².